The molecule has 0 aromatic rings. The molecule has 0 radical (unpaired) electrons. The lowest BCUT2D eigenvalue weighted by molar-refractivity contribution is -0.116. The Balaban J connectivity index is 3.82. The van der Waals surface area contributed by atoms with Gasteiger partial charge in [-0.2, -0.15) is 0 Å². The summed E-state index contributed by atoms with van der Waals surface area (Å²) < 4.78 is 0. The van der Waals surface area contributed by atoms with Crippen LogP contribution in [0.1, 0.15) is 33.6 Å². The number of nitrogens with one attached hydrogen (secondary N) is 1. The maximum atomic E-state index is 11.3. The zero-order chi connectivity index (χ0) is 15.1. The Bertz CT molecular complexity index is 384. The molecule has 0 saturated heterocycles. The van der Waals surface area contributed by atoms with Crippen LogP contribution < -0.4 is 5.32 Å². The van der Waals surface area contributed by atoms with Gasteiger partial charge in [0.25, 0.3) is 0 Å². The fraction of sp³-hybridized carbons (Fsp3) is 0.389. The van der Waals surface area contributed by atoms with Crippen LogP contribution in [-0.2, 0) is 4.79 Å². The maximum absolute atomic E-state index is 11.3. The minimum Gasteiger partial charge on any atom is -0.352 e. The third-order valence-corrected chi connectivity index (χ3v) is 2.30. The van der Waals surface area contributed by atoms with Gasteiger partial charge in [-0.3, -0.25) is 4.79 Å². The van der Waals surface area contributed by atoms with Crippen molar-refractivity contribution in [1.82, 2.24) is 5.32 Å². The number of hydrogen-bond donors (Lipinski definition) is 1. The molecule has 0 atom stereocenters. The molecule has 0 bridgehead atoms. The quantitative estimate of drug-likeness (QED) is 0.491. The van der Waals surface area contributed by atoms with Crippen molar-refractivity contribution < 1.29 is 4.79 Å². The lowest BCUT2D eigenvalue weighted by Crippen LogP contribution is -2.25. The second-order valence-electron chi connectivity index (χ2n) is 4.87. The molecule has 0 aromatic heterocycles. The highest BCUT2D eigenvalue weighted by Crippen LogP contribution is 1.90. The van der Waals surface area contributed by atoms with Crippen molar-refractivity contribution in [2.75, 3.05) is 6.54 Å². The third kappa shape index (κ3) is 14.2. The van der Waals surface area contributed by atoms with E-state index in [2.05, 4.69) is 38.2 Å². The summed E-state index contributed by atoms with van der Waals surface area (Å²) in [5.41, 5.74) is 0. The molecule has 1 amide bonds. The molecular formula is C18H27NO. The molecule has 0 rings (SSSR count). The molecule has 0 aliphatic rings. The topological polar surface area (TPSA) is 29.1 Å². The summed E-state index contributed by atoms with van der Waals surface area (Å²) in [6.45, 7) is 7.01. The van der Waals surface area contributed by atoms with E-state index >= 15 is 0 Å². The summed E-state index contributed by atoms with van der Waals surface area (Å²) in [5, 5.41) is 2.82. The Hall–Kier alpha value is -1.83. The summed E-state index contributed by atoms with van der Waals surface area (Å²) in [6, 6.07) is 0. The van der Waals surface area contributed by atoms with Crippen molar-refractivity contribution in [3.63, 3.8) is 0 Å². The van der Waals surface area contributed by atoms with Crippen LogP contribution in [0.3, 0.4) is 0 Å². The van der Waals surface area contributed by atoms with Gasteiger partial charge in [-0.1, -0.05) is 81.9 Å². The molecule has 0 fully saturated rings. The van der Waals surface area contributed by atoms with Crippen LogP contribution in [0.2, 0.25) is 0 Å². The predicted octanol–water partition coefficient (Wildman–Crippen LogP) is 4.34. The van der Waals surface area contributed by atoms with Crippen LogP contribution >= 0.6 is 0 Å². The Morgan fingerprint density at radius 1 is 0.950 bits per heavy atom. The van der Waals surface area contributed by atoms with Gasteiger partial charge < -0.3 is 5.32 Å². The first-order chi connectivity index (χ1) is 9.66. The Morgan fingerprint density at radius 3 is 2.05 bits per heavy atom. The molecule has 0 saturated carbocycles. The Morgan fingerprint density at radius 2 is 1.50 bits per heavy atom. The van der Waals surface area contributed by atoms with E-state index in [-0.39, 0.29) is 5.91 Å². The maximum Gasteiger partial charge on any atom is 0.243 e. The molecule has 1 N–H and O–H groups in total. The molecule has 0 heterocycles. The lowest BCUT2D eigenvalue weighted by atomic mass is 10.2. The standard InChI is InChI=1S/C18H27NO/c1-4-5-6-7-8-9-10-11-12-13-14-15-18(20)19-16-17(2)3/h6-15,17H,4-5,16H2,1-3H3,(H,19,20)/b7-6?,9-8?,11-10?,13-12?,15-14+. The summed E-state index contributed by atoms with van der Waals surface area (Å²) in [6.07, 6.45) is 21.4. The monoisotopic (exact) mass is 273 g/mol. The predicted molar refractivity (Wildman–Crippen MR) is 88.5 cm³/mol. The lowest BCUT2D eigenvalue weighted by Gasteiger charge is -2.03. The second kappa shape index (κ2) is 13.6. The van der Waals surface area contributed by atoms with Crippen molar-refractivity contribution in [2.24, 2.45) is 5.92 Å². The molecule has 110 valence electrons. The van der Waals surface area contributed by atoms with Gasteiger partial charge >= 0.3 is 0 Å². The van der Waals surface area contributed by atoms with E-state index in [0.717, 1.165) is 6.42 Å². The SMILES string of the molecule is CCCC=CC=CC=CC=C/C=C/C(=O)NCC(C)C. The number of unbranched alkanes of at least 4 members (excludes halogenated alkanes) is 1. The zero-order valence-electron chi connectivity index (χ0n) is 12.9. The first-order valence-electron chi connectivity index (χ1n) is 7.27. The van der Waals surface area contributed by atoms with Crippen LogP contribution in [-0.4, -0.2) is 12.5 Å². The molecule has 0 unspecified atom stereocenters. The van der Waals surface area contributed by atoms with E-state index in [1.807, 2.05) is 36.5 Å². The highest BCUT2D eigenvalue weighted by molar-refractivity contribution is 5.87. The smallest absolute Gasteiger partial charge is 0.243 e. The molecule has 0 aliphatic carbocycles. The number of hydrogen-bond acceptors (Lipinski definition) is 1. The van der Waals surface area contributed by atoms with Crippen molar-refractivity contribution in [2.45, 2.75) is 33.6 Å². The normalized spacial score (nSPS) is 13.0. The highest BCUT2D eigenvalue weighted by atomic mass is 16.1. The average molecular weight is 273 g/mol. The molecule has 0 aliphatic heterocycles. The van der Waals surface area contributed by atoms with E-state index in [1.165, 1.54) is 12.5 Å². The van der Waals surface area contributed by atoms with Crippen molar-refractivity contribution in [1.29, 1.82) is 0 Å². The summed E-state index contributed by atoms with van der Waals surface area (Å²) in [4.78, 5) is 11.3. The molecule has 2 nitrogen and oxygen atoms in total. The van der Waals surface area contributed by atoms with Crippen LogP contribution in [0.25, 0.3) is 0 Å². The Kier molecular flexibility index (Phi) is 12.4. The van der Waals surface area contributed by atoms with Crippen molar-refractivity contribution >= 4 is 5.91 Å². The molecule has 20 heavy (non-hydrogen) atoms. The van der Waals surface area contributed by atoms with E-state index in [0.29, 0.717) is 12.5 Å². The van der Waals surface area contributed by atoms with Crippen molar-refractivity contribution in [3.05, 3.63) is 60.8 Å². The zero-order valence-corrected chi connectivity index (χ0v) is 12.9. The van der Waals surface area contributed by atoms with Gasteiger partial charge in [0, 0.05) is 12.6 Å². The summed E-state index contributed by atoms with van der Waals surface area (Å²) in [5.74, 6) is 0.428. The number of allylic oxidation sites excluding steroid dienone is 9. The summed E-state index contributed by atoms with van der Waals surface area (Å²) in [7, 11) is 0. The van der Waals surface area contributed by atoms with E-state index < -0.39 is 0 Å². The minimum absolute atomic E-state index is 0.0479. The average Bonchev–Trinajstić information content (AvgIpc) is 2.42. The first-order valence-corrected chi connectivity index (χ1v) is 7.27. The fourth-order valence-corrected chi connectivity index (χ4v) is 1.23. The second-order valence-corrected chi connectivity index (χ2v) is 4.87. The van der Waals surface area contributed by atoms with Crippen LogP contribution in [0, 0.1) is 5.92 Å². The molecule has 0 spiro atoms. The van der Waals surface area contributed by atoms with Crippen LogP contribution in [0.5, 0.6) is 0 Å². The first kappa shape index (κ1) is 18.2. The summed E-state index contributed by atoms with van der Waals surface area (Å²) >= 11 is 0. The minimum atomic E-state index is -0.0479. The largest absolute Gasteiger partial charge is 0.352 e. The van der Waals surface area contributed by atoms with Crippen LogP contribution in [0.15, 0.2) is 60.8 Å². The van der Waals surface area contributed by atoms with Gasteiger partial charge in [0.2, 0.25) is 5.91 Å². The van der Waals surface area contributed by atoms with Crippen molar-refractivity contribution in [3.8, 4) is 0 Å². The van der Waals surface area contributed by atoms with Gasteiger partial charge in [0.1, 0.15) is 0 Å². The van der Waals surface area contributed by atoms with Gasteiger partial charge in [-0.25, -0.2) is 0 Å². The number of rotatable bonds is 9. The molecule has 2 heteroatoms. The van der Waals surface area contributed by atoms with E-state index in [1.54, 1.807) is 6.08 Å². The van der Waals surface area contributed by atoms with E-state index in [9.17, 15) is 4.79 Å². The number of carbonyl (C=O) groups is 1. The van der Waals surface area contributed by atoms with Crippen LogP contribution in [0.4, 0.5) is 0 Å². The number of carbonyl (C=O) groups excluding carboxylic acids is 1. The van der Waals surface area contributed by atoms with Gasteiger partial charge in [0.15, 0.2) is 0 Å². The van der Waals surface area contributed by atoms with Gasteiger partial charge in [0.05, 0.1) is 0 Å². The highest BCUT2D eigenvalue weighted by Gasteiger charge is 1.95. The Labute approximate surface area is 123 Å². The van der Waals surface area contributed by atoms with E-state index in [4.69, 9.17) is 0 Å². The molecule has 0 aromatic carbocycles. The fourth-order valence-electron chi connectivity index (χ4n) is 1.23. The van der Waals surface area contributed by atoms with Gasteiger partial charge in [-0.05, 0) is 12.3 Å². The third-order valence-electron chi connectivity index (χ3n) is 2.30. The number of amides is 1. The molecular weight excluding hydrogens is 246 g/mol. The van der Waals surface area contributed by atoms with Gasteiger partial charge in [-0.15, -0.1) is 0 Å².